The first kappa shape index (κ1) is 11.3. The van der Waals surface area contributed by atoms with Gasteiger partial charge in [-0.3, -0.25) is 0 Å². The van der Waals surface area contributed by atoms with Crippen LogP contribution in [-0.2, 0) is 4.74 Å². The number of anilines is 2. The first-order valence-corrected chi connectivity index (χ1v) is 5.90. The summed E-state index contributed by atoms with van der Waals surface area (Å²) in [5.41, 5.74) is 7.64. The van der Waals surface area contributed by atoms with Gasteiger partial charge in [-0.05, 0) is 43.0 Å². The molecule has 0 spiro atoms. The third-order valence-electron chi connectivity index (χ3n) is 2.96. The maximum Gasteiger partial charge on any atom is 0.0641 e. The molecule has 1 fully saturated rings. The van der Waals surface area contributed by atoms with Gasteiger partial charge in [0.05, 0.1) is 6.61 Å². The van der Waals surface area contributed by atoms with Crippen molar-refractivity contribution < 1.29 is 4.74 Å². The molecule has 0 unspecified atom stereocenters. The Hall–Kier alpha value is -1.22. The monoisotopic (exact) mass is 220 g/mol. The number of benzene rings is 1. The summed E-state index contributed by atoms with van der Waals surface area (Å²) >= 11 is 0. The van der Waals surface area contributed by atoms with Crippen molar-refractivity contribution in [1.82, 2.24) is 0 Å². The van der Waals surface area contributed by atoms with E-state index in [0.717, 1.165) is 31.4 Å². The lowest BCUT2D eigenvalue weighted by Crippen LogP contribution is -2.22. The fourth-order valence-electron chi connectivity index (χ4n) is 1.59. The molecule has 0 bridgehead atoms. The Morgan fingerprint density at radius 3 is 2.62 bits per heavy atom. The van der Waals surface area contributed by atoms with Crippen LogP contribution >= 0.6 is 0 Å². The molecule has 0 aromatic heterocycles. The summed E-state index contributed by atoms with van der Waals surface area (Å²) in [7, 11) is 2.08. The van der Waals surface area contributed by atoms with E-state index < -0.39 is 0 Å². The van der Waals surface area contributed by atoms with E-state index in [1.54, 1.807) is 0 Å². The Morgan fingerprint density at radius 1 is 1.31 bits per heavy atom. The van der Waals surface area contributed by atoms with Gasteiger partial charge in [0.25, 0.3) is 0 Å². The van der Waals surface area contributed by atoms with Crippen molar-refractivity contribution in [3.05, 3.63) is 24.3 Å². The molecule has 2 N–H and O–H groups in total. The molecule has 1 aliphatic carbocycles. The zero-order chi connectivity index (χ0) is 11.4. The SMILES string of the molecule is CN(CCOCC1CC1)c1ccc(N)cc1. The van der Waals surface area contributed by atoms with Gasteiger partial charge in [0.2, 0.25) is 0 Å². The minimum atomic E-state index is 0.803. The van der Waals surface area contributed by atoms with Crippen LogP contribution in [0.1, 0.15) is 12.8 Å². The van der Waals surface area contributed by atoms with Crippen LogP contribution in [0.15, 0.2) is 24.3 Å². The number of nitrogens with two attached hydrogens (primary N) is 1. The molecular formula is C13H20N2O. The minimum absolute atomic E-state index is 0.803. The van der Waals surface area contributed by atoms with Crippen LogP contribution in [0.5, 0.6) is 0 Å². The first-order valence-electron chi connectivity index (χ1n) is 5.90. The average molecular weight is 220 g/mol. The predicted octanol–water partition coefficient (Wildman–Crippen LogP) is 2.13. The van der Waals surface area contributed by atoms with Crippen molar-refractivity contribution in [3.8, 4) is 0 Å². The maximum absolute atomic E-state index is 5.65. The number of hydrogen-bond acceptors (Lipinski definition) is 3. The van der Waals surface area contributed by atoms with Gasteiger partial charge in [0.15, 0.2) is 0 Å². The van der Waals surface area contributed by atoms with Crippen molar-refractivity contribution >= 4 is 11.4 Å². The highest BCUT2D eigenvalue weighted by Crippen LogP contribution is 2.28. The zero-order valence-electron chi connectivity index (χ0n) is 9.86. The molecule has 2 rings (SSSR count). The van der Waals surface area contributed by atoms with E-state index in [-0.39, 0.29) is 0 Å². The van der Waals surface area contributed by atoms with Crippen molar-refractivity contribution in [2.75, 3.05) is 37.4 Å². The molecule has 16 heavy (non-hydrogen) atoms. The fraction of sp³-hybridized carbons (Fsp3) is 0.538. The normalized spacial score (nSPS) is 15.1. The van der Waals surface area contributed by atoms with E-state index >= 15 is 0 Å². The van der Waals surface area contributed by atoms with Crippen LogP contribution in [-0.4, -0.2) is 26.8 Å². The highest BCUT2D eigenvalue weighted by molar-refractivity contribution is 5.52. The van der Waals surface area contributed by atoms with Crippen LogP contribution in [0.25, 0.3) is 0 Å². The Bertz CT molecular complexity index is 319. The third kappa shape index (κ3) is 3.42. The van der Waals surface area contributed by atoms with Gasteiger partial charge in [-0.25, -0.2) is 0 Å². The molecule has 0 atom stereocenters. The van der Waals surface area contributed by atoms with E-state index in [4.69, 9.17) is 10.5 Å². The lowest BCUT2D eigenvalue weighted by atomic mass is 10.2. The Kier molecular flexibility index (Phi) is 3.67. The molecule has 0 saturated heterocycles. The molecule has 0 heterocycles. The fourth-order valence-corrected chi connectivity index (χ4v) is 1.59. The molecule has 1 aromatic rings. The topological polar surface area (TPSA) is 38.5 Å². The second-order valence-corrected chi connectivity index (χ2v) is 4.53. The predicted molar refractivity (Wildman–Crippen MR) is 67.7 cm³/mol. The second kappa shape index (κ2) is 5.21. The number of hydrogen-bond donors (Lipinski definition) is 1. The number of nitrogen functional groups attached to an aromatic ring is 1. The van der Waals surface area contributed by atoms with Crippen LogP contribution < -0.4 is 10.6 Å². The van der Waals surface area contributed by atoms with Crippen LogP contribution in [0.2, 0.25) is 0 Å². The summed E-state index contributed by atoms with van der Waals surface area (Å²) in [6, 6.07) is 7.93. The average Bonchev–Trinajstić information content (AvgIpc) is 3.09. The second-order valence-electron chi connectivity index (χ2n) is 4.53. The highest BCUT2D eigenvalue weighted by Gasteiger charge is 2.20. The van der Waals surface area contributed by atoms with E-state index in [9.17, 15) is 0 Å². The molecule has 1 aromatic carbocycles. The Labute approximate surface area is 97.2 Å². The number of ether oxygens (including phenoxy) is 1. The van der Waals surface area contributed by atoms with Gasteiger partial charge in [0, 0.05) is 31.6 Å². The van der Waals surface area contributed by atoms with E-state index in [1.165, 1.54) is 18.5 Å². The molecule has 1 saturated carbocycles. The summed E-state index contributed by atoms with van der Waals surface area (Å²) < 4.78 is 5.61. The maximum atomic E-state index is 5.65. The van der Waals surface area contributed by atoms with Gasteiger partial charge in [-0.15, -0.1) is 0 Å². The Morgan fingerprint density at radius 2 is 2.00 bits per heavy atom. The van der Waals surface area contributed by atoms with Crippen molar-refractivity contribution in [2.45, 2.75) is 12.8 Å². The summed E-state index contributed by atoms with van der Waals surface area (Å²) in [4.78, 5) is 2.19. The summed E-state index contributed by atoms with van der Waals surface area (Å²) in [5, 5.41) is 0. The van der Waals surface area contributed by atoms with Crippen molar-refractivity contribution in [1.29, 1.82) is 0 Å². The molecule has 3 nitrogen and oxygen atoms in total. The molecule has 1 aliphatic rings. The molecule has 0 aliphatic heterocycles. The molecule has 0 radical (unpaired) electrons. The summed E-state index contributed by atoms with van der Waals surface area (Å²) in [5.74, 6) is 0.849. The van der Waals surface area contributed by atoms with Gasteiger partial charge < -0.3 is 15.4 Å². The number of likely N-dealkylation sites (N-methyl/N-ethyl adjacent to an activating group) is 1. The number of rotatable bonds is 6. The standard InChI is InChI=1S/C13H20N2O/c1-15(8-9-16-10-11-2-3-11)13-6-4-12(14)5-7-13/h4-7,11H,2-3,8-10,14H2,1H3. The van der Waals surface area contributed by atoms with Gasteiger partial charge >= 0.3 is 0 Å². The van der Waals surface area contributed by atoms with Crippen molar-refractivity contribution in [3.63, 3.8) is 0 Å². The van der Waals surface area contributed by atoms with Gasteiger partial charge in [-0.1, -0.05) is 0 Å². The lowest BCUT2D eigenvalue weighted by molar-refractivity contribution is 0.131. The van der Waals surface area contributed by atoms with E-state index in [2.05, 4.69) is 11.9 Å². The molecule has 88 valence electrons. The van der Waals surface area contributed by atoms with Crippen molar-refractivity contribution in [2.24, 2.45) is 5.92 Å². The highest BCUT2D eigenvalue weighted by atomic mass is 16.5. The smallest absolute Gasteiger partial charge is 0.0641 e. The van der Waals surface area contributed by atoms with E-state index in [1.807, 2.05) is 24.3 Å². The third-order valence-corrected chi connectivity index (χ3v) is 2.96. The zero-order valence-corrected chi connectivity index (χ0v) is 9.86. The lowest BCUT2D eigenvalue weighted by Gasteiger charge is -2.19. The summed E-state index contributed by atoms with van der Waals surface area (Å²) in [6.45, 7) is 2.67. The van der Waals surface area contributed by atoms with Crippen LogP contribution in [0.4, 0.5) is 11.4 Å². The molecule has 0 amide bonds. The van der Waals surface area contributed by atoms with E-state index in [0.29, 0.717) is 0 Å². The van der Waals surface area contributed by atoms with Gasteiger partial charge in [-0.2, -0.15) is 0 Å². The first-order chi connectivity index (χ1) is 7.75. The quantitative estimate of drug-likeness (QED) is 0.589. The summed E-state index contributed by atoms with van der Waals surface area (Å²) in [6.07, 6.45) is 2.71. The van der Waals surface area contributed by atoms with Crippen LogP contribution in [0, 0.1) is 5.92 Å². The molecule has 3 heteroatoms. The van der Waals surface area contributed by atoms with Crippen LogP contribution in [0.3, 0.4) is 0 Å². The Balaban J connectivity index is 1.69. The van der Waals surface area contributed by atoms with Gasteiger partial charge in [0.1, 0.15) is 0 Å². The largest absolute Gasteiger partial charge is 0.399 e. The number of nitrogens with zero attached hydrogens (tertiary/aromatic N) is 1. The minimum Gasteiger partial charge on any atom is -0.399 e. The molecular weight excluding hydrogens is 200 g/mol.